The zero-order valence-electron chi connectivity index (χ0n) is 27.4. The van der Waals surface area contributed by atoms with E-state index in [1.807, 2.05) is 55.1 Å². The number of anilines is 1. The van der Waals surface area contributed by atoms with Crippen LogP contribution in [0.25, 0.3) is 0 Å². The smallest absolute Gasteiger partial charge is 0.507 e. The van der Waals surface area contributed by atoms with E-state index < -0.39 is 11.8 Å². The number of rotatable bonds is 7. The molecule has 248 valence electrons. The van der Waals surface area contributed by atoms with Crippen LogP contribution < -0.4 is 5.32 Å². The second-order valence-electron chi connectivity index (χ2n) is 14.1. The van der Waals surface area contributed by atoms with Gasteiger partial charge in [-0.25, -0.2) is 14.2 Å². The zero-order valence-corrected chi connectivity index (χ0v) is 27.4. The first-order valence-electron chi connectivity index (χ1n) is 17.2. The van der Waals surface area contributed by atoms with Crippen molar-refractivity contribution in [1.29, 1.82) is 0 Å². The molecule has 3 aliphatic heterocycles. The van der Waals surface area contributed by atoms with Crippen LogP contribution in [0.1, 0.15) is 73.6 Å². The number of nitrogens with zero attached hydrogens (tertiary/aromatic N) is 4. The van der Waals surface area contributed by atoms with E-state index in [1.54, 1.807) is 0 Å². The van der Waals surface area contributed by atoms with Crippen LogP contribution in [0.4, 0.5) is 15.3 Å². The van der Waals surface area contributed by atoms with Crippen LogP contribution in [0.15, 0.2) is 36.4 Å². The van der Waals surface area contributed by atoms with E-state index in [9.17, 15) is 24.6 Å². The molecule has 4 aliphatic rings. The number of aryl methyl sites for hydroxylation is 2. The lowest BCUT2D eigenvalue weighted by atomic mass is 9.82. The Labute approximate surface area is 272 Å². The average Bonchev–Trinajstić information content (AvgIpc) is 3.23. The number of carbonyl (C=O) groups is 3. The number of piperazine rings is 1. The minimum Gasteiger partial charge on any atom is -0.507 e. The molecular weight excluding hydrogens is 582 g/mol. The van der Waals surface area contributed by atoms with Crippen LogP contribution in [-0.2, 0) is 17.8 Å². The molecule has 1 saturated carbocycles. The molecular formula is C36H50N5O5+. The number of benzene rings is 2. The Balaban J connectivity index is 1.37. The molecule has 0 radical (unpaired) electrons. The maximum atomic E-state index is 13.8. The highest BCUT2D eigenvalue weighted by atomic mass is 16.4. The topological polar surface area (TPSA) is 113 Å². The molecule has 1 aliphatic carbocycles. The summed E-state index contributed by atoms with van der Waals surface area (Å²) in [6.45, 7) is 7.71. The summed E-state index contributed by atoms with van der Waals surface area (Å²) >= 11 is 0. The molecule has 46 heavy (non-hydrogen) atoms. The van der Waals surface area contributed by atoms with Gasteiger partial charge in [0.1, 0.15) is 18.6 Å². The highest BCUT2D eigenvalue weighted by Gasteiger charge is 2.64. The second kappa shape index (κ2) is 13.3. The monoisotopic (exact) mass is 632 g/mol. The Kier molecular flexibility index (Phi) is 9.41. The lowest BCUT2D eigenvalue weighted by Crippen LogP contribution is -2.79. The molecule has 2 aromatic carbocycles. The van der Waals surface area contributed by atoms with Crippen LogP contribution in [0.3, 0.4) is 0 Å². The van der Waals surface area contributed by atoms with Gasteiger partial charge < -0.3 is 25.2 Å². The summed E-state index contributed by atoms with van der Waals surface area (Å²) in [5.41, 5.74) is 3.09. The summed E-state index contributed by atoms with van der Waals surface area (Å²) in [5.74, 6) is 0.218. The van der Waals surface area contributed by atoms with Gasteiger partial charge in [0.05, 0.1) is 13.0 Å². The number of hydrogen-bond donors (Lipinski definition) is 3. The van der Waals surface area contributed by atoms with Gasteiger partial charge in [0.25, 0.3) is 0 Å². The number of carboxylic acid groups (broad SMARTS) is 1. The third-order valence-electron chi connectivity index (χ3n) is 11.6. The van der Waals surface area contributed by atoms with Crippen molar-refractivity contribution in [2.45, 2.75) is 95.9 Å². The summed E-state index contributed by atoms with van der Waals surface area (Å²) in [6, 6.07) is 11.8. The molecule has 3 N–H and O–H groups in total. The van der Waals surface area contributed by atoms with E-state index in [0.29, 0.717) is 56.1 Å². The van der Waals surface area contributed by atoms with Crippen LogP contribution in [-0.4, -0.2) is 105 Å². The molecule has 0 spiro atoms. The molecule has 10 heteroatoms. The van der Waals surface area contributed by atoms with Gasteiger partial charge >= 0.3 is 12.1 Å². The van der Waals surface area contributed by atoms with Crippen molar-refractivity contribution in [3.63, 3.8) is 0 Å². The van der Waals surface area contributed by atoms with Gasteiger partial charge in [-0.15, -0.1) is 0 Å². The normalized spacial score (nSPS) is 28.3. The summed E-state index contributed by atoms with van der Waals surface area (Å²) in [4.78, 5) is 47.0. The van der Waals surface area contributed by atoms with Gasteiger partial charge in [0.2, 0.25) is 0 Å². The fourth-order valence-electron chi connectivity index (χ4n) is 9.12. The van der Waals surface area contributed by atoms with Crippen molar-refractivity contribution in [1.82, 2.24) is 14.7 Å². The number of phenolic OH excluding ortho intramolecular Hbond substituents is 1. The van der Waals surface area contributed by atoms with Crippen LogP contribution in [0, 0.1) is 13.8 Å². The lowest BCUT2D eigenvalue weighted by molar-refractivity contribution is -0.942. The maximum Gasteiger partial charge on any atom is 0.515 e. The Morgan fingerprint density at radius 1 is 1.00 bits per heavy atom. The number of likely N-dealkylation sites (tertiary alicyclic amines) is 1. The van der Waals surface area contributed by atoms with Gasteiger partial charge in [0, 0.05) is 68.9 Å². The highest BCUT2D eigenvalue weighted by Crippen LogP contribution is 2.45. The number of amides is 3. The number of carbonyl (C=O) groups excluding carboxylic acids is 2. The molecule has 0 bridgehead atoms. The minimum absolute atomic E-state index is 0.0605. The quantitative estimate of drug-likeness (QED) is 0.273. The van der Waals surface area contributed by atoms with Crippen molar-refractivity contribution < 1.29 is 29.1 Å². The first kappa shape index (κ1) is 32.5. The van der Waals surface area contributed by atoms with Crippen molar-refractivity contribution in [3.05, 3.63) is 58.7 Å². The maximum absolute atomic E-state index is 13.8. The van der Waals surface area contributed by atoms with E-state index >= 15 is 0 Å². The Bertz CT molecular complexity index is 1430. The number of nitrogens with one attached hydrogen (secondary N) is 1. The summed E-state index contributed by atoms with van der Waals surface area (Å²) < 4.78 is -0.301. The minimum atomic E-state index is -1.05. The van der Waals surface area contributed by atoms with Crippen molar-refractivity contribution in [2.24, 2.45) is 0 Å². The first-order chi connectivity index (χ1) is 22.2. The predicted octanol–water partition coefficient (Wildman–Crippen LogP) is 5.49. The number of para-hydroxylation sites is 1. The molecule has 2 aromatic rings. The third kappa shape index (κ3) is 5.91. The molecule has 0 aromatic heterocycles. The van der Waals surface area contributed by atoms with E-state index in [-0.39, 0.29) is 41.8 Å². The Morgan fingerprint density at radius 3 is 2.37 bits per heavy atom. The standard InChI is InChI=1S/C36H49N5O5/c1-26-22-28(23-27(2)33(26)43)25-41(35(45)46)20-13-31(40-15-12-29-8-6-7-11-32(29)37-34(40)44)24-36(41,14-21-42)39-18-16-38(17-19-39)30-9-4-3-5-10-30/h6-8,11,21-23,30-31H,3-5,9-10,12-20,24-25H2,1-2H3,(H2-,37,43,44,45,46)/p+1/t31?,36?,41-/m0/s1. The highest BCUT2D eigenvalue weighted by molar-refractivity contribution is 5.91. The van der Waals surface area contributed by atoms with Gasteiger partial charge in [-0.3, -0.25) is 4.90 Å². The number of quaternary nitrogens is 1. The summed E-state index contributed by atoms with van der Waals surface area (Å²) in [5, 5.41) is 24.9. The number of hydrogen-bond acceptors (Lipinski definition) is 6. The van der Waals surface area contributed by atoms with E-state index in [2.05, 4.69) is 15.1 Å². The molecule has 3 atom stereocenters. The molecule has 6 rings (SSSR count). The SMILES string of the molecule is Cc1cc(C[N@+]2(C(=O)O)CCC(N3CCc4ccccc4NC3=O)CC2(CC=O)N2CCN(C3CCCCC3)CC2)cc(C)c1O. The number of urea groups is 1. The molecule has 3 heterocycles. The van der Waals surface area contributed by atoms with Gasteiger partial charge in [0.15, 0.2) is 5.66 Å². The first-order valence-corrected chi connectivity index (χ1v) is 17.2. The number of aromatic hydroxyl groups is 1. The lowest BCUT2D eigenvalue weighted by Gasteiger charge is -2.59. The Hall–Kier alpha value is -3.47. The number of phenols is 1. The second-order valence-corrected chi connectivity index (χ2v) is 14.1. The summed E-state index contributed by atoms with van der Waals surface area (Å²) in [7, 11) is 0. The van der Waals surface area contributed by atoms with Crippen molar-refractivity contribution >= 4 is 24.1 Å². The predicted molar refractivity (Wildman–Crippen MR) is 177 cm³/mol. The van der Waals surface area contributed by atoms with Gasteiger partial charge in [-0.1, -0.05) is 37.5 Å². The Morgan fingerprint density at radius 2 is 1.70 bits per heavy atom. The molecule has 2 saturated heterocycles. The third-order valence-corrected chi connectivity index (χ3v) is 11.6. The van der Waals surface area contributed by atoms with E-state index in [1.165, 1.54) is 32.1 Å². The largest absolute Gasteiger partial charge is 0.515 e. The number of aldehydes is 1. The van der Waals surface area contributed by atoms with E-state index in [4.69, 9.17) is 0 Å². The molecule has 2 unspecified atom stereocenters. The molecule has 3 fully saturated rings. The van der Waals surface area contributed by atoms with Crippen LogP contribution in [0.2, 0.25) is 0 Å². The molecule has 3 amide bonds. The van der Waals surface area contributed by atoms with Crippen LogP contribution >= 0.6 is 0 Å². The average molecular weight is 633 g/mol. The fourth-order valence-corrected chi connectivity index (χ4v) is 9.12. The fraction of sp³-hybridized carbons (Fsp3) is 0.583. The number of fused-ring (bicyclic) bond motifs is 1. The van der Waals surface area contributed by atoms with Gasteiger partial charge in [-0.05, 0) is 68.0 Å². The van der Waals surface area contributed by atoms with Crippen molar-refractivity contribution in [3.8, 4) is 5.75 Å². The zero-order chi connectivity index (χ0) is 32.5. The van der Waals surface area contributed by atoms with Crippen molar-refractivity contribution in [2.75, 3.05) is 44.6 Å². The number of piperidine rings is 1. The van der Waals surface area contributed by atoms with Crippen LogP contribution in [0.5, 0.6) is 5.75 Å². The summed E-state index contributed by atoms with van der Waals surface area (Å²) in [6.07, 6.45) is 7.85. The van der Waals surface area contributed by atoms with E-state index in [0.717, 1.165) is 36.2 Å². The molecule has 10 nitrogen and oxygen atoms in total. The van der Waals surface area contributed by atoms with Gasteiger partial charge in [-0.2, -0.15) is 4.79 Å².